The van der Waals surface area contributed by atoms with Crippen LogP contribution in [0.15, 0.2) is 18.2 Å². The third kappa shape index (κ3) is 3.33. The van der Waals surface area contributed by atoms with Crippen LogP contribution in [0.3, 0.4) is 0 Å². The molecule has 17 heavy (non-hydrogen) atoms. The van der Waals surface area contributed by atoms with Gasteiger partial charge in [-0.1, -0.05) is 11.6 Å². The van der Waals surface area contributed by atoms with Crippen molar-refractivity contribution in [2.24, 2.45) is 0 Å². The predicted octanol–water partition coefficient (Wildman–Crippen LogP) is 0.221. The van der Waals surface area contributed by atoms with Crippen molar-refractivity contribution in [1.82, 2.24) is 5.32 Å². The van der Waals surface area contributed by atoms with Gasteiger partial charge >= 0.3 is 5.97 Å². The first-order chi connectivity index (χ1) is 7.95. The molecular formula is C10H10ClNO5. The second kappa shape index (κ2) is 5.51. The van der Waals surface area contributed by atoms with Gasteiger partial charge < -0.3 is 20.6 Å². The predicted molar refractivity (Wildman–Crippen MR) is 59.1 cm³/mol. The van der Waals surface area contributed by atoms with E-state index in [2.05, 4.69) is 5.32 Å². The Kier molecular flexibility index (Phi) is 4.30. The molecule has 0 heterocycles. The van der Waals surface area contributed by atoms with Crippen molar-refractivity contribution in [2.45, 2.75) is 6.04 Å². The first kappa shape index (κ1) is 13.3. The summed E-state index contributed by atoms with van der Waals surface area (Å²) in [6.45, 7) is -0.739. The summed E-state index contributed by atoms with van der Waals surface area (Å²) in [6, 6.07) is 2.29. The lowest BCUT2D eigenvalue weighted by Gasteiger charge is -2.12. The van der Waals surface area contributed by atoms with Crippen molar-refractivity contribution in [3.63, 3.8) is 0 Å². The van der Waals surface area contributed by atoms with Crippen LogP contribution >= 0.6 is 11.6 Å². The van der Waals surface area contributed by atoms with Gasteiger partial charge in [0.25, 0.3) is 5.91 Å². The van der Waals surface area contributed by atoms with Crippen molar-refractivity contribution in [3.8, 4) is 5.75 Å². The summed E-state index contributed by atoms with van der Waals surface area (Å²) in [5.74, 6) is -2.32. The van der Waals surface area contributed by atoms with Crippen LogP contribution in [-0.4, -0.2) is 39.8 Å². The van der Waals surface area contributed by atoms with Gasteiger partial charge in [0.1, 0.15) is 5.75 Å². The molecule has 6 nitrogen and oxygen atoms in total. The molecule has 0 saturated carbocycles. The van der Waals surface area contributed by atoms with E-state index in [9.17, 15) is 14.7 Å². The van der Waals surface area contributed by atoms with Crippen molar-refractivity contribution >= 4 is 23.5 Å². The highest BCUT2D eigenvalue weighted by atomic mass is 35.5. The Morgan fingerprint density at radius 2 is 2.06 bits per heavy atom. The zero-order valence-electron chi connectivity index (χ0n) is 8.55. The van der Waals surface area contributed by atoms with Crippen LogP contribution in [0.4, 0.5) is 0 Å². The van der Waals surface area contributed by atoms with Gasteiger partial charge in [-0.2, -0.15) is 0 Å². The molecule has 1 rings (SSSR count). The molecule has 0 unspecified atom stereocenters. The molecule has 0 radical (unpaired) electrons. The minimum absolute atomic E-state index is 0.0635. The second-order valence-electron chi connectivity index (χ2n) is 3.21. The highest BCUT2D eigenvalue weighted by molar-refractivity contribution is 6.33. The molecule has 0 aliphatic rings. The highest BCUT2D eigenvalue weighted by Gasteiger charge is 2.21. The number of hydrogen-bond donors (Lipinski definition) is 4. The van der Waals surface area contributed by atoms with Crippen LogP contribution in [-0.2, 0) is 4.79 Å². The van der Waals surface area contributed by atoms with Crippen molar-refractivity contribution < 1.29 is 24.9 Å². The van der Waals surface area contributed by atoms with Gasteiger partial charge in [-0.05, 0) is 18.2 Å². The molecule has 92 valence electrons. The zero-order valence-corrected chi connectivity index (χ0v) is 9.31. The van der Waals surface area contributed by atoms with E-state index in [1.54, 1.807) is 0 Å². The van der Waals surface area contributed by atoms with Gasteiger partial charge in [-0.15, -0.1) is 0 Å². The molecule has 0 bridgehead atoms. The summed E-state index contributed by atoms with van der Waals surface area (Å²) in [7, 11) is 0. The Labute approximate surface area is 101 Å². The highest BCUT2D eigenvalue weighted by Crippen LogP contribution is 2.20. The SMILES string of the molecule is O=C(N[C@@H](CO)C(=O)O)c1cc(O)ccc1Cl. The quantitative estimate of drug-likeness (QED) is 0.619. The fraction of sp³-hybridized carbons (Fsp3) is 0.200. The van der Waals surface area contributed by atoms with Gasteiger partial charge in [-0.25, -0.2) is 4.79 Å². The number of benzene rings is 1. The molecule has 0 fully saturated rings. The summed E-state index contributed by atoms with van der Waals surface area (Å²) < 4.78 is 0. The van der Waals surface area contributed by atoms with Crippen LogP contribution in [0.1, 0.15) is 10.4 Å². The van der Waals surface area contributed by atoms with E-state index >= 15 is 0 Å². The molecule has 4 N–H and O–H groups in total. The van der Waals surface area contributed by atoms with Gasteiger partial charge in [0.15, 0.2) is 6.04 Å². The monoisotopic (exact) mass is 259 g/mol. The third-order valence-corrected chi connectivity index (χ3v) is 2.31. The van der Waals surface area contributed by atoms with E-state index in [0.29, 0.717) is 0 Å². The number of carbonyl (C=O) groups excluding carboxylic acids is 1. The first-order valence-electron chi connectivity index (χ1n) is 4.58. The van der Waals surface area contributed by atoms with E-state index in [4.69, 9.17) is 21.8 Å². The molecular weight excluding hydrogens is 250 g/mol. The van der Waals surface area contributed by atoms with E-state index in [1.807, 2.05) is 0 Å². The van der Waals surface area contributed by atoms with Crippen molar-refractivity contribution in [2.75, 3.05) is 6.61 Å². The summed E-state index contributed by atoms with van der Waals surface area (Å²) in [6.07, 6.45) is 0. The first-order valence-corrected chi connectivity index (χ1v) is 4.96. The molecule has 1 atom stereocenters. The number of halogens is 1. The van der Waals surface area contributed by atoms with Gasteiger partial charge in [0, 0.05) is 0 Å². The van der Waals surface area contributed by atoms with Gasteiger partial charge in [0.05, 0.1) is 17.2 Å². The fourth-order valence-electron chi connectivity index (χ4n) is 1.11. The summed E-state index contributed by atoms with van der Waals surface area (Å²) in [5.41, 5.74) is -0.0635. The molecule has 1 amide bonds. The average molecular weight is 260 g/mol. The van der Waals surface area contributed by atoms with E-state index in [-0.39, 0.29) is 16.3 Å². The Morgan fingerprint density at radius 1 is 1.41 bits per heavy atom. The summed E-state index contributed by atoms with van der Waals surface area (Å²) in [4.78, 5) is 22.2. The largest absolute Gasteiger partial charge is 0.508 e. The number of carbonyl (C=O) groups is 2. The van der Waals surface area contributed by atoms with E-state index < -0.39 is 24.5 Å². The standard InChI is InChI=1S/C10H10ClNO5/c11-7-2-1-5(14)3-6(7)9(15)12-8(4-13)10(16)17/h1-3,8,13-14H,4H2,(H,12,15)(H,16,17)/t8-/m0/s1. The maximum atomic E-state index is 11.6. The van der Waals surface area contributed by atoms with Crippen LogP contribution in [0.25, 0.3) is 0 Å². The Hall–Kier alpha value is -1.79. The number of aliphatic hydroxyl groups is 1. The fourth-order valence-corrected chi connectivity index (χ4v) is 1.31. The van der Waals surface area contributed by atoms with Crippen molar-refractivity contribution in [3.05, 3.63) is 28.8 Å². The molecule has 7 heteroatoms. The number of rotatable bonds is 4. The molecule has 0 saturated heterocycles. The Balaban J connectivity index is 2.89. The zero-order chi connectivity index (χ0) is 13.0. The maximum absolute atomic E-state index is 11.6. The third-order valence-electron chi connectivity index (χ3n) is 1.98. The number of phenolic OH excluding ortho intramolecular Hbond substituents is 1. The number of hydrogen-bond acceptors (Lipinski definition) is 4. The summed E-state index contributed by atoms with van der Waals surface area (Å²) in [5, 5.41) is 28.7. The number of aliphatic carboxylic acids is 1. The maximum Gasteiger partial charge on any atom is 0.328 e. The van der Waals surface area contributed by atoms with Crippen molar-refractivity contribution in [1.29, 1.82) is 0 Å². The lowest BCUT2D eigenvalue weighted by Crippen LogP contribution is -2.43. The summed E-state index contributed by atoms with van der Waals surface area (Å²) >= 11 is 5.72. The minimum atomic E-state index is -1.42. The smallest absolute Gasteiger partial charge is 0.328 e. The van der Waals surface area contributed by atoms with Crippen LogP contribution < -0.4 is 5.32 Å². The molecule has 1 aromatic rings. The lowest BCUT2D eigenvalue weighted by molar-refractivity contribution is -0.140. The number of aliphatic hydroxyl groups excluding tert-OH is 1. The Morgan fingerprint density at radius 3 is 2.59 bits per heavy atom. The number of aromatic hydroxyl groups is 1. The topological polar surface area (TPSA) is 107 Å². The molecule has 1 aromatic carbocycles. The Bertz CT molecular complexity index is 448. The average Bonchev–Trinajstić information content (AvgIpc) is 2.28. The molecule has 0 spiro atoms. The number of phenols is 1. The number of carboxylic acids is 1. The lowest BCUT2D eigenvalue weighted by atomic mass is 10.2. The normalized spacial score (nSPS) is 11.9. The van der Waals surface area contributed by atoms with Crippen LogP contribution in [0.5, 0.6) is 5.75 Å². The van der Waals surface area contributed by atoms with Crippen LogP contribution in [0.2, 0.25) is 5.02 Å². The van der Waals surface area contributed by atoms with Crippen LogP contribution in [0, 0.1) is 0 Å². The molecule has 0 aliphatic heterocycles. The number of amides is 1. The number of carboxylic acid groups (broad SMARTS) is 1. The molecule has 0 aliphatic carbocycles. The van der Waals surface area contributed by atoms with Gasteiger partial charge in [-0.3, -0.25) is 4.79 Å². The van der Waals surface area contributed by atoms with E-state index in [1.165, 1.54) is 12.1 Å². The van der Waals surface area contributed by atoms with Gasteiger partial charge in [0.2, 0.25) is 0 Å². The van der Waals surface area contributed by atoms with E-state index in [0.717, 1.165) is 6.07 Å². The molecule has 0 aromatic heterocycles. The second-order valence-corrected chi connectivity index (χ2v) is 3.62. The number of nitrogens with one attached hydrogen (secondary N) is 1. The minimum Gasteiger partial charge on any atom is -0.508 e.